The molecule has 0 aromatic carbocycles. The summed E-state index contributed by atoms with van der Waals surface area (Å²) in [5, 5.41) is 140. The fourth-order valence-electron chi connectivity index (χ4n) is 15.9. The summed E-state index contributed by atoms with van der Waals surface area (Å²) < 4.78 is 37.7. The van der Waals surface area contributed by atoms with Crippen molar-refractivity contribution in [3.8, 4) is 0 Å². The van der Waals surface area contributed by atoms with Crippen LogP contribution in [0.25, 0.3) is 0 Å². The average molecular weight is 963 g/mol. The fraction of sp³-hybridized carbons (Fsp3) is 1.00. The Labute approximate surface area is 393 Å². The van der Waals surface area contributed by atoms with Gasteiger partial charge in [-0.15, -0.1) is 0 Å². The molecule has 3 heterocycles. The molecule has 19 heteroatoms. The van der Waals surface area contributed by atoms with E-state index < -0.39 is 152 Å². The van der Waals surface area contributed by atoms with Gasteiger partial charge in [-0.3, -0.25) is 0 Å². The Morgan fingerprint density at radius 1 is 0.627 bits per heavy atom. The summed E-state index contributed by atoms with van der Waals surface area (Å²) in [5.41, 5.74) is -3.43. The van der Waals surface area contributed by atoms with Crippen LogP contribution in [0.4, 0.5) is 0 Å². The highest BCUT2D eigenvalue weighted by Crippen LogP contribution is 2.89. The largest absolute Gasteiger partial charge is 0.394 e. The van der Waals surface area contributed by atoms with Crippen molar-refractivity contribution in [2.24, 2.45) is 50.7 Å². The topological polar surface area (TPSA) is 318 Å². The zero-order valence-corrected chi connectivity index (χ0v) is 40.3. The van der Waals surface area contributed by atoms with Gasteiger partial charge in [0.15, 0.2) is 18.9 Å². The number of ether oxygens (including phenoxy) is 6. The van der Waals surface area contributed by atoms with Crippen molar-refractivity contribution >= 4 is 0 Å². The average Bonchev–Trinajstić information content (AvgIpc) is 3.86. The minimum atomic E-state index is -1.68. The Kier molecular flexibility index (Phi) is 14.4. The molecule has 5 saturated carbocycles. The van der Waals surface area contributed by atoms with Crippen LogP contribution in [0.1, 0.15) is 113 Å². The molecule has 3 saturated heterocycles. The van der Waals surface area contributed by atoms with Crippen LogP contribution in [0.5, 0.6) is 0 Å². The van der Waals surface area contributed by atoms with Crippen molar-refractivity contribution in [1.82, 2.24) is 0 Å². The van der Waals surface area contributed by atoms with E-state index in [1.165, 1.54) is 0 Å². The summed E-state index contributed by atoms with van der Waals surface area (Å²) in [6.07, 6.45) is -18.7. The van der Waals surface area contributed by atoms with E-state index >= 15 is 0 Å². The summed E-state index contributed by atoms with van der Waals surface area (Å²) in [6.45, 7) is 14.3. The number of hydrogen-bond donors (Lipinski definition) is 13. The first-order chi connectivity index (χ1) is 31.1. The van der Waals surface area contributed by atoms with Crippen molar-refractivity contribution in [2.45, 2.75) is 235 Å². The normalized spacial score (nSPS) is 54.9. The number of aliphatic hydroxyl groups excluding tert-OH is 12. The molecular formula is C48H82O19. The highest BCUT2D eigenvalue weighted by Gasteiger charge is 2.85. The summed E-state index contributed by atoms with van der Waals surface area (Å²) in [7, 11) is 0. The summed E-state index contributed by atoms with van der Waals surface area (Å²) in [6, 6.07) is 0. The van der Waals surface area contributed by atoms with Crippen LogP contribution in [0.3, 0.4) is 0 Å². The molecule has 0 radical (unpaired) electrons. The Balaban J connectivity index is 1.13. The first-order valence-electron chi connectivity index (χ1n) is 24.8. The maximum atomic E-state index is 11.6. The lowest BCUT2D eigenvalue weighted by molar-refractivity contribution is -0.325. The SMILES string of the molecule is CC(CCC(OC1OC(CO)C(O)C(O)C1O)C(C)(C)O)C1C(OC2OC(CO)C(O)C(O)C2O)CC2(C)C3CC(OC4OC(C)C(O)C(O)C4O)C4C(C)(C)C(O)CCC45CC35CCC12C. The van der Waals surface area contributed by atoms with E-state index in [2.05, 4.69) is 34.6 Å². The molecule has 2 spiro atoms. The second-order valence-corrected chi connectivity index (χ2v) is 24.0. The molecule has 19 nitrogen and oxygen atoms in total. The van der Waals surface area contributed by atoms with Crippen molar-refractivity contribution in [3.05, 3.63) is 0 Å². The molecule has 0 bridgehead atoms. The maximum absolute atomic E-state index is 11.6. The minimum Gasteiger partial charge on any atom is -0.394 e. The van der Waals surface area contributed by atoms with E-state index in [1.807, 2.05) is 0 Å². The molecule has 27 unspecified atom stereocenters. The van der Waals surface area contributed by atoms with E-state index in [9.17, 15) is 66.4 Å². The Morgan fingerprint density at radius 3 is 1.75 bits per heavy atom. The highest BCUT2D eigenvalue weighted by atomic mass is 16.7. The molecule has 3 aliphatic heterocycles. The van der Waals surface area contributed by atoms with Gasteiger partial charge in [0.1, 0.15) is 67.1 Å². The predicted molar refractivity (Wildman–Crippen MR) is 233 cm³/mol. The molecule has 13 N–H and O–H groups in total. The van der Waals surface area contributed by atoms with Crippen LogP contribution in [-0.2, 0) is 28.4 Å². The Bertz CT molecular complexity index is 1730. The number of aliphatic hydroxyl groups is 13. The summed E-state index contributed by atoms with van der Waals surface area (Å²) >= 11 is 0. The number of fused-ring (bicyclic) bond motifs is 2. The zero-order chi connectivity index (χ0) is 49.3. The maximum Gasteiger partial charge on any atom is 0.187 e. The first-order valence-corrected chi connectivity index (χ1v) is 24.8. The lowest BCUT2D eigenvalue weighted by atomic mass is 9.41. The third-order valence-corrected chi connectivity index (χ3v) is 19.8. The molecular weight excluding hydrogens is 881 g/mol. The lowest BCUT2D eigenvalue weighted by Crippen LogP contribution is -2.64. The van der Waals surface area contributed by atoms with E-state index in [0.717, 1.165) is 25.7 Å². The Morgan fingerprint density at radius 2 is 1.16 bits per heavy atom. The quantitative estimate of drug-likeness (QED) is 0.0962. The van der Waals surface area contributed by atoms with Gasteiger partial charge in [-0.05, 0) is 129 Å². The lowest BCUT2D eigenvalue weighted by Gasteiger charge is -2.65. The van der Waals surface area contributed by atoms with Gasteiger partial charge in [-0.25, -0.2) is 0 Å². The zero-order valence-electron chi connectivity index (χ0n) is 40.3. The van der Waals surface area contributed by atoms with E-state index in [-0.39, 0.29) is 40.9 Å². The number of hydrogen-bond acceptors (Lipinski definition) is 19. The molecule has 27 atom stereocenters. The van der Waals surface area contributed by atoms with Crippen LogP contribution < -0.4 is 0 Å². The van der Waals surface area contributed by atoms with Gasteiger partial charge in [0.2, 0.25) is 0 Å². The third kappa shape index (κ3) is 8.21. The monoisotopic (exact) mass is 963 g/mol. The Hall–Kier alpha value is -0.760. The molecule has 8 rings (SSSR count). The second-order valence-electron chi connectivity index (χ2n) is 24.0. The first kappa shape index (κ1) is 52.6. The van der Waals surface area contributed by atoms with Crippen LogP contribution in [0.15, 0.2) is 0 Å². The van der Waals surface area contributed by atoms with Crippen LogP contribution in [-0.4, -0.2) is 202 Å². The van der Waals surface area contributed by atoms with E-state index in [0.29, 0.717) is 25.7 Å². The molecule has 67 heavy (non-hydrogen) atoms. The molecule has 0 aromatic heterocycles. The van der Waals surface area contributed by atoms with Gasteiger partial charge >= 0.3 is 0 Å². The van der Waals surface area contributed by atoms with Crippen LogP contribution in [0, 0.1) is 50.7 Å². The van der Waals surface area contributed by atoms with Gasteiger partial charge in [0.25, 0.3) is 0 Å². The van der Waals surface area contributed by atoms with Gasteiger partial charge in [-0.1, -0.05) is 34.6 Å². The van der Waals surface area contributed by atoms with Gasteiger partial charge in [0, 0.05) is 0 Å². The molecule has 0 amide bonds. The number of rotatable bonds is 13. The summed E-state index contributed by atoms with van der Waals surface area (Å²) in [4.78, 5) is 0. The van der Waals surface area contributed by atoms with E-state index in [1.54, 1.807) is 20.8 Å². The van der Waals surface area contributed by atoms with Gasteiger partial charge in [-0.2, -0.15) is 0 Å². The predicted octanol–water partition coefficient (Wildman–Crippen LogP) is -1.22. The molecule has 8 fully saturated rings. The fourth-order valence-corrected chi connectivity index (χ4v) is 15.9. The highest BCUT2D eigenvalue weighted by molar-refractivity contribution is 5.33. The van der Waals surface area contributed by atoms with Crippen LogP contribution >= 0.6 is 0 Å². The van der Waals surface area contributed by atoms with Crippen molar-refractivity contribution in [2.75, 3.05) is 13.2 Å². The molecule has 0 aromatic rings. The van der Waals surface area contributed by atoms with Crippen LogP contribution in [0.2, 0.25) is 0 Å². The van der Waals surface area contributed by atoms with Gasteiger partial charge in [0.05, 0.1) is 49.3 Å². The third-order valence-electron chi connectivity index (χ3n) is 19.8. The van der Waals surface area contributed by atoms with Crippen molar-refractivity contribution in [1.29, 1.82) is 0 Å². The van der Waals surface area contributed by atoms with E-state index in [4.69, 9.17) is 28.4 Å². The van der Waals surface area contributed by atoms with Crippen molar-refractivity contribution in [3.63, 3.8) is 0 Å². The standard InChI is InChI=1S/C48H82O19/c1-20(9-10-28(44(5,6)61)67-42-38(60)35(57)32(54)25(18-50)66-42)29-23(64-41-37(59)34(56)31(53)24(17-49)65-41)16-46(8)26-15-22(63-40-36(58)33(55)30(52)21(2)62-40)39-43(3,4)27(51)11-12-48(39)19-47(26,48)14-13-45(29,46)7/h20-42,49-61H,9-19H2,1-8H3. The summed E-state index contributed by atoms with van der Waals surface area (Å²) in [5.74, 6) is -0.604. The van der Waals surface area contributed by atoms with Gasteiger partial charge < -0.3 is 94.8 Å². The second kappa shape index (κ2) is 18.3. The molecule has 5 aliphatic carbocycles. The smallest absolute Gasteiger partial charge is 0.187 e. The molecule has 388 valence electrons. The minimum absolute atomic E-state index is 0.00328. The van der Waals surface area contributed by atoms with Crippen molar-refractivity contribution < 1.29 is 94.8 Å². The molecule has 8 aliphatic rings.